The Morgan fingerprint density at radius 2 is 1.86 bits per heavy atom. The average Bonchev–Trinajstić information content (AvgIpc) is 2.94. The molecule has 1 aliphatic rings. The number of nitrogens with zero attached hydrogens (tertiary/aromatic N) is 2. The van der Waals surface area contributed by atoms with Gasteiger partial charge in [0.15, 0.2) is 0 Å². The summed E-state index contributed by atoms with van der Waals surface area (Å²) in [5, 5.41) is 13.9. The minimum Gasteiger partial charge on any atom is -0.478 e. The molecule has 1 fully saturated rings. The lowest BCUT2D eigenvalue weighted by Crippen LogP contribution is -2.10. The van der Waals surface area contributed by atoms with E-state index in [9.17, 15) is 14.3 Å². The zero-order valence-electron chi connectivity index (χ0n) is 11.6. The SMILES string of the molecule is O=C(O)c1cn(-c2ccc(F)cc2)nc1C1CCCCC1. The first-order valence-electron chi connectivity index (χ1n) is 7.24. The zero-order valence-corrected chi connectivity index (χ0v) is 11.6. The van der Waals surface area contributed by atoms with Crippen LogP contribution < -0.4 is 0 Å². The standard InChI is InChI=1S/C16H17FN2O2/c17-12-6-8-13(9-7-12)19-10-14(16(20)21)15(18-19)11-4-2-1-3-5-11/h6-11H,1-5H2,(H,20,21). The summed E-state index contributed by atoms with van der Waals surface area (Å²) >= 11 is 0. The second-order valence-corrected chi connectivity index (χ2v) is 5.49. The summed E-state index contributed by atoms with van der Waals surface area (Å²) in [5.41, 5.74) is 1.58. The molecule has 3 rings (SSSR count). The normalized spacial score (nSPS) is 16.0. The Hall–Kier alpha value is -2.17. The third kappa shape index (κ3) is 2.82. The van der Waals surface area contributed by atoms with Gasteiger partial charge in [-0.3, -0.25) is 0 Å². The molecule has 5 heteroatoms. The molecule has 2 aromatic rings. The third-order valence-electron chi connectivity index (χ3n) is 4.06. The Morgan fingerprint density at radius 3 is 2.48 bits per heavy atom. The maximum Gasteiger partial charge on any atom is 0.339 e. The number of halogens is 1. The first-order chi connectivity index (χ1) is 10.1. The van der Waals surface area contributed by atoms with E-state index in [0.29, 0.717) is 11.4 Å². The van der Waals surface area contributed by atoms with Gasteiger partial charge in [0.2, 0.25) is 0 Å². The van der Waals surface area contributed by atoms with Crippen molar-refractivity contribution in [1.82, 2.24) is 9.78 Å². The highest BCUT2D eigenvalue weighted by Crippen LogP contribution is 2.34. The van der Waals surface area contributed by atoms with Gasteiger partial charge in [0, 0.05) is 12.1 Å². The van der Waals surface area contributed by atoms with Gasteiger partial charge in [0.1, 0.15) is 11.4 Å². The molecule has 4 nitrogen and oxygen atoms in total. The van der Waals surface area contributed by atoms with Crippen LogP contribution in [0.5, 0.6) is 0 Å². The summed E-state index contributed by atoms with van der Waals surface area (Å²) in [6.07, 6.45) is 6.94. The molecule has 1 aromatic heterocycles. The molecule has 1 aliphatic carbocycles. The second kappa shape index (κ2) is 5.68. The van der Waals surface area contributed by atoms with E-state index in [1.54, 1.807) is 12.1 Å². The van der Waals surface area contributed by atoms with Crippen LogP contribution in [0, 0.1) is 5.82 Å². The fraction of sp³-hybridized carbons (Fsp3) is 0.375. The largest absolute Gasteiger partial charge is 0.478 e. The quantitative estimate of drug-likeness (QED) is 0.935. The molecule has 1 N–H and O–H groups in total. The lowest BCUT2D eigenvalue weighted by molar-refractivity contribution is 0.0694. The molecule has 0 aliphatic heterocycles. The number of hydrogen-bond donors (Lipinski definition) is 1. The van der Waals surface area contributed by atoms with Crippen LogP contribution in [-0.4, -0.2) is 20.9 Å². The lowest BCUT2D eigenvalue weighted by Gasteiger charge is -2.20. The first kappa shape index (κ1) is 13.8. The molecule has 1 saturated carbocycles. The van der Waals surface area contributed by atoms with Crippen LogP contribution in [0.25, 0.3) is 5.69 Å². The molecule has 0 atom stereocenters. The van der Waals surface area contributed by atoms with E-state index in [1.165, 1.54) is 29.4 Å². The molecule has 0 radical (unpaired) electrons. The van der Waals surface area contributed by atoms with E-state index in [4.69, 9.17) is 0 Å². The molecule has 0 bridgehead atoms. The van der Waals surface area contributed by atoms with E-state index in [-0.39, 0.29) is 17.3 Å². The van der Waals surface area contributed by atoms with Crippen LogP contribution in [0.15, 0.2) is 30.5 Å². The molecule has 0 amide bonds. The van der Waals surface area contributed by atoms with Gasteiger partial charge < -0.3 is 5.11 Å². The van der Waals surface area contributed by atoms with Crippen LogP contribution >= 0.6 is 0 Å². The van der Waals surface area contributed by atoms with Crippen molar-refractivity contribution < 1.29 is 14.3 Å². The fourth-order valence-corrected chi connectivity index (χ4v) is 2.96. The van der Waals surface area contributed by atoms with Gasteiger partial charge in [-0.2, -0.15) is 5.10 Å². The Kier molecular flexibility index (Phi) is 3.73. The summed E-state index contributed by atoms with van der Waals surface area (Å²) in [6, 6.07) is 5.88. The molecular formula is C16H17FN2O2. The molecule has 0 spiro atoms. The summed E-state index contributed by atoms with van der Waals surface area (Å²) in [7, 11) is 0. The van der Waals surface area contributed by atoms with Gasteiger partial charge in [-0.25, -0.2) is 13.9 Å². The van der Waals surface area contributed by atoms with Crippen molar-refractivity contribution >= 4 is 5.97 Å². The summed E-state index contributed by atoms with van der Waals surface area (Å²) in [5.74, 6) is -1.06. The third-order valence-corrected chi connectivity index (χ3v) is 4.06. The summed E-state index contributed by atoms with van der Waals surface area (Å²) < 4.78 is 14.5. The lowest BCUT2D eigenvalue weighted by atomic mass is 9.85. The highest BCUT2D eigenvalue weighted by Gasteiger charge is 2.25. The van der Waals surface area contributed by atoms with Crippen molar-refractivity contribution in [2.75, 3.05) is 0 Å². The molecule has 1 aromatic carbocycles. The number of carboxylic acid groups (broad SMARTS) is 1. The van der Waals surface area contributed by atoms with Crippen LogP contribution in [0.1, 0.15) is 54.1 Å². The minimum absolute atomic E-state index is 0.214. The smallest absolute Gasteiger partial charge is 0.339 e. The topological polar surface area (TPSA) is 55.1 Å². The van der Waals surface area contributed by atoms with Crippen LogP contribution in [0.3, 0.4) is 0 Å². The zero-order chi connectivity index (χ0) is 14.8. The average molecular weight is 288 g/mol. The molecule has 0 unspecified atom stereocenters. The van der Waals surface area contributed by atoms with E-state index in [2.05, 4.69) is 5.10 Å². The number of rotatable bonds is 3. The van der Waals surface area contributed by atoms with Gasteiger partial charge in [-0.15, -0.1) is 0 Å². The van der Waals surface area contributed by atoms with Crippen LogP contribution in [0.2, 0.25) is 0 Å². The number of carbonyl (C=O) groups is 1. The first-order valence-corrected chi connectivity index (χ1v) is 7.24. The van der Waals surface area contributed by atoms with Crippen molar-refractivity contribution in [2.24, 2.45) is 0 Å². The van der Waals surface area contributed by atoms with Crippen molar-refractivity contribution in [3.8, 4) is 5.69 Å². The van der Waals surface area contributed by atoms with Crippen molar-refractivity contribution in [1.29, 1.82) is 0 Å². The number of hydrogen-bond acceptors (Lipinski definition) is 2. The summed E-state index contributed by atoms with van der Waals surface area (Å²) in [6.45, 7) is 0. The van der Waals surface area contributed by atoms with Crippen LogP contribution in [0.4, 0.5) is 4.39 Å². The number of aromatic nitrogens is 2. The predicted octanol–water partition coefficient (Wildman–Crippen LogP) is 3.76. The second-order valence-electron chi connectivity index (χ2n) is 5.49. The van der Waals surface area contributed by atoms with Gasteiger partial charge in [0.05, 0.1) is 11.4 Å². The monoisotopic (exact) mass is 288 g/mol. The Morgan fingerprint density at radius 1 is 1.19 bits per heavy atom. The molecule has 1 heterocycles. The molecular weight excluding hydrogens is 271 g/mol. The maximum atomic E-state index is 13.0. The Bertz CT molecular complexity index is 643. The van der Waals surface area contributed by atoms with Crippen molar-refractivity contribution in [3.05, 3.63) is 47.5 Å². The molecule has 21 heavy (non-hydrogen) atoms. The van der Waals surface area contributed by atoms with E-state index >= 15 is 0 Å². The molecule has 110 valence electrons. The Balaban J connectivity index is 1.99. The van der Waals surface area contributed by atoms with Gasteiger partial charge >= 0.3 is 5.97 Å². The number of aromatic carboxylic acids is 1. The van der Waals surface area contributed by atoms with Crippen molar-refractivity contribution in [3.63, 3.8) is 0 Å². The molecule has 0 saturated heterocycles. The highest BCUT2D eigenvalue weighted by atomic mass is 19.1. The number of carboxylic acids is 1. The van der Waals surface area contributed by atoms with E-state index < -0.39 is 5.97 Å². The van der Waals surface area contributed by atoms with Gasteiger partial charge in [0.25, 0.3) is 0 Å². The minimum atomic E-state index is -0.955. The predicted molar refractivity (Wildman–Crippen MR) is 76.3 cm³/mol. The maximum absolute atomic E-state index is 13.0. The summed E-state index contributed by atoms with van der Waals surface area (Å²) in [4.78, 5) is 11.4. The number of benzene rings is 1. The van der Waals surface area contributed by atoms with Crippen LogP contribution in [-0.2, 0) is 0 Å². The highest BCUT2D eigenvalue weighted by molar-refractivity contribution is 5.89. The van der Waals surface area contributed by atoms with Crippen molar-refractivity contribution in [2.45, 2.75) is 38.0 Å². The fourth-order valence-electron chi connectivity index (χ4n) is 2.96. The Labute approximate surface area is 122 Å². The van der Waals surface area contributed by atoms with Gasteiger partial charge in [-0.05, 0) is 37.1 Å². The van der Waals surface area contributed by atoms with E-state index in [1.807, 2.05) is 0 Å². The van der Waals surface area contributed by atoms with Gasteiger partial charge in [-0.1, -0.05) is 19.3 Å². The van der Waals surface area contributed by atoms with E-state index in [0.717, 1.165) is 25.7 Å².